The van der Waals surface area contributed by atoms with E-state index < -0.39 is 14.9 Å². The van der Waals surface area contributed by atoms with E-state index in [0.29, 0.717) is 37.4 Å². The molecule has 1 aliphatic heterocycles. The number of para-hydroxylation sites is 1. The zero-order valence-corrected chi connectivity index (χ0v) is 22.7. The van der Waals surface area contributed by atoms with E-state index in [0.717, 1.165) is 27.6 Å². The Balaban J connectivity index is 1.20. The first-order valence-corrected chi connectivity index (χ1v) is 14.5. The van der Waals surface area contributed by atoms with Gasteiger partial charge in [0.1, 0.15) is 16.9 Å². The maximum absolute atomic E-state index is 13.6. The van der Waals surface area contributed by atoms with E-state index in [4.69, 9.17) is 4.42 Å². The highest BCUT2D eigenvalue weighted by Crippen LogP contribution is 2.34. The highest BCUT2D eigenvalue weighted by atomic mass is 32.2. The number of fused-ring (bicyclic) bond motifs is 3. The van der Waals surface area contributed by atoms with Gasteiger partial charge in [-0.3, -0.25) is 10.1 Å². The van der Waals surface area contributed by atoms with Gasteiger partial charge in [-0.25, -0.2) is 8.42 Å². The first kappa shape index (κ1) is 25.8. The topological polar surface area (TPSA) is 109 Å². The van der Waals surface area contributed by atoms with E-state index >= 15 is 0 Å². The van der Waals surface area contributed by atoms with Crippen molar-refractivity contribution in [1.29, 1.82) is 0 Å². The van der Waals surface area contributed by atoms with Crippen molar-refractivity contribution in [2.75, 3.05) is 36.4 Å². The van der Waals surface area contributed by atoms with E-state index in [9.17, 15) is 18.5 Å². The first-order chi connectivity index (χ1) is 19.3. The Morgan fingerprint density at radius 3 is 2.30 bits per heavy atom. The van der Waals surface area contributed by atoms with Crippen LogP contribution >= 0.6 is 0 Å². The number of nitro groups is 1. The van der Waals surface area contributed by atoms with E-state index in [1.165, 1.54) is 10.4 Å². The number of sulfonamides is 1. The van der Waals surface area contributed by atoms with Crippen LogP contribution in [0.15, 0.2) is 100 Å². The summed E-state index contributed by atoms with van der Waals surface area (Å²) in [6.45, 7) is 3.47. The standard InChI is InChI=1S/C30H28N4O5S/c1-21(22-7-3-2-4-8-22)31-27-19-23(11-13-28(27)34(35)36)32-15-17-33(18-16-32)40(37,38)24-12-14-30-26(20-24)25-9-5-6-10-29(25)39-30/h2-14,19-21,31H,15-18H2,1H3. The molecule has 0 spiro atoms. The predicted octanol–water partition coefficient (Wildman–Crippen LogP) is 6.18. The monoisotopic (exact) mass is 556 g/mol. The number of hydrogen-bond acceptors (Lipinski definition) is 7. The maximum Gasteiger partial charge on any atom is 0.292 e. The van der Waals surface area contributed by atoms with E-state index in [2.05, 4.69) is 10.2 Å². The Labute approximate surface area is 231 Å². The Hall–Kier alpha value is -4.41. The number of furan rings is 1. The van der Waals surface area contributed by atoms with Gasteiger partial charge in [-0.1, -0.05) is 48.5 Å². The lowest BCUT2D eigenvalue weighted by Gasteiger charge is -2.35. The van der Waals surface area contributed by atoms with Crippen LogP contribution in [0.2, 0.25) is 0 Å². The lowest BCUT2D eigenvalue weighted by atomic mass is 10.1. The average molecular weight is 557 g/mol. The minimum Gasteiger partial charge on any atom is -0.456 e. The highest BCUT2D eigenvalue weighted by molar-refractivity contribution is 7.89. The molecule has 1 unspecified atom stereocenters. The Bertz CT molecular complexity index is 1810. The SMILES string of the molecule is CC(Nc1cc(N2CCN(S(=O)(=O)c3ccc4oc5ccccc5c4c3)CC2)ccc1[N+](=O)[O-])c1ccccc1. The van der Waals surface area contributed by atoms with Crippen LogP contribution in [0.1, 0.15) is 18.5 Å². The summed E-state index contributed by atoms with van der Waals surface area (Å²) in [5, 5.41) is 16.7. The van der Waals surface area contributed by atoms with Crippen molar-refractivity contribution in [3.8, 4) is 0 Å². The van der Waals surface area contributed by atoms with Crippen molar-refractivity contribution >= 4 is 49.0 Å². The van der Waals surface area contributed by atoms with Crippen molar-refractivity contribution in [2.24, 2.45) is 0 Å². The molecule has 0 aliphatic carbocycles. The summed E-state index contributed by atoms with van der Waals surface area (Å²) in [6.07, 6.45) is 0. The van der Waals surface area contributed by atoms with E-state index in [1.54, 1.807) is 30.3 Å². The van der Waals surface area contributed by atoms with Crippen LogP contribution in [0.3, 0.4) is 0 Å². The smallest absolute Gasteiger partial charge is 0.292 e. The number of anilines is 2. The molecule has 1 atom stereocenters. The zero-order valence-electron chi connectivity index (χ0n) is 21.9. The van der Waals surface area contributed by atoms with Gasteiger partial charge < -0.3 is 14.6 Å². The van der Waals surface area contributed by atoms with Gasteiger partial charge in [-0.2, -0.15) is 4.31 Å². The third kappa shape index (κ3) is 4.76. The van der Waals surface area contributed by atoms with Gasteiger partial charge >= 0.3 is 0 Å². The van der Waals surface area contributed by atoms with E-state index in [-0.39, 0.29) is 16.6 Å². The van der Waals surface area contributed by atoms with Crippen LogP contribution in [-0.2, 0) is 10.0 Å². The molecule has 1 fully saturated rings. The lowest BCUT2D eigenvalue weighted by molar-refractivity contribution is -0.384. The number of piperazine rings is 1. The minimum absolute atomic E-state index is 0.00472. The first-order valence-electron chi connectivity index (χ1n) is 13.1. The second-order valence-corrected chi connectivity index (χ2v) is 11.8. The molecule has 9 nitrogen and oxygen atoms in total. The summed E-state index contributed by atoms with van der Waals surface area (Å²) in [4.78, 5) is 13.6. The fourth-order valence-corrected chi connectivity index (χ4v) is 6.70. The third-order valence-electron chi connectivity index (χ3n) is 7.44. The highest BCUT2D eigenvalue weighted by Gasteiger charge is 2.30. The van der Waals surface area contributed by atoms with Crippen LogP contribution in [0.4, 0.5) is 17.1 Å². The molecule has 2 heterocycles. The molecule has 1 aliphatic rings. The van der Waals surface area contributed by atoms with Crippen molar-refractivity contribution < 1.29 is 17.8 Å². The van der Waals surface area contributed by atoms with Gasteiger partial charge in [0.05, 0.1) is 9.82 Å². The fourth-order valence-electron chi connectivity index (χ4n) is 5.26. The zero-order chi connectivity index (χ0) is 27.9. The average Bonchev–Trinajstić information content (AvgIpc) is 3.35. The van der Waals surface area contributed by atoms with Gasteiger partial charge in [0, 0.05) is 54.7 Å². The molecule has 1 aromatic heterocycles. The molecule has 10 heteroatoms. The van der Waals surface area contributed by atoms with Gasteiger partial charge in [0.25, 0.3) is 5.69 Å². The van der Waals surface area contributed by atoms with Gasteiger partial charge in [0.2, 0.25) is 10.0 Å². The largest absolute Gasteiger partial charge is 0.456 e. The Morgan fingerprint density at radius 1 is 0.850 bits per heavy atom. The summed E-state index contributed by atoms with van der Waals surface area (Å²) in [5.41, 5.74) is 3.61. The molecular weight excluding hydrogens is 528 g/mol. The van der Waals surface area contributed by atoms with Crippen molar-refractivity contribution in [1.82, 2.24) is 4.31 Å². The molecule has 0 bridgehead atoms. The number of nitrogens with zero attached hydrogens (tertiary/aromatic N) is 3. The molecule has 0 saturated carbocycles. The molecule has 1 saturated heterocycles. The second kappa shape index (κ2) is 10.3. The fraction of sp³-hybridized carbons (Fsp3) is 0.200. The van der Waals surface area contributed by atoms with E-state index in [1.807, 2.05) is 61.5 Å². The number of nitrogens with one attached hydrogen (secondary N) is 1. The molecule has 6 rings (SSSR count). The van der Waals surface area contributed by atoms with Gasteiger partial charge in [-0.15, -0.1) is 0 Å². The van der Waals surface area contributed by atoms with Crippen LogP contribution in [0.25, 0.3) is 21.9 Å². The van der Waals surface area contributed by atoms with Crippen LogP contribution in [-0.4, -0.2) is 43.8 Å². The van der Waals surface area contributed by atoms with Crippen molar-refractivity contribution in [3.05, 3.63) is 107 Å². The summed E-state index contributed by atoms with van der Waals surface area (Å²) < 4.78 is 34.5. The third-order valence-corrected chi connectivity index (χ3v) is 9.33. The van der Waals surface area contributed by atoms with Crippen molar-refractivity contribution in [2.45, 2.75) is 17.9 Å². The molecule has 4 aromatic carbocycles. The normalized spacial score (nSPS) is 15.4. The molecule has 0 radical (unpaired) electrons. The lowest BCUT2D eigenvalue weighted by Crippen LogP contribution is -2.48. The molecular formula is C30H28N4O5S. The summed E-state index contributed by atoms with van der Waals surface area (Å²) >= 11 is 0. The maximum atomic E-state index is 13.6. The number of hydrogen-bond donors (Lipinski definition) is 1. The van der Waals surface area contributed by atoms with Crippen LogP contribution < -0.4 is 10.2 Å². The number of rotatable bonds is 7. The molecule has 40 heavy (non-hydrogen) atoms. The van der Waals surface area contributed by atoms with Crippen molar-refractivity contribution in [3.63, 3.8) is 0 Å². The minimum atomic E-state index is -3.71. The summed E-state index contributed by atoms with van der Waals surface area (Å²) in [6, 6.07) is 27.2. The molecule has 0 amide bonds. The molecule has 5 aromatic rings. The van der Waals surface area contributed by atoms with Crippen LogP contribution in [0.5, 0.6) is 0 Å². The number of benzene rings is 4. The predicted molar refractivity (Wildman–Crippen MR) is 156 cm³/mol. The Kier molecular flexibility index (Phi) is 6.65. The summed E-state index contributed by atoms with van der Waals surface area (Å²) in [7, 11) is -3.71. The quantitative estimate of drug-likeness (QED) is 0.188. The van der Waals surface area contributed by atoms with Gasteiger partial charge in [0.15, 0.2) is 0 Å². The second-order valence-electron chi connectivity index (χ2n) is 9.88. The summed E-state index contributed by atoms with van der Waals surface area (Å²) in [5.74, 6) is 0. The number of nitro benzene ring substituents is 1. The van der Waals surface area contributed by atoms with Crippen LogP contribution in [0, 0.1) is 10.1 Å². The molecule has 1 N–H and O–H groups in total. The van der Waals surface area contributed by atoms with Gasteiger partial charge in [-0.05, 0) is 48.9 Å². The molecule has 204 valence electrons. The Morgan fingerprint density at radius 2 is 1.55 bits per heavy atom.